The molecule has 0 saturated carbocycles. The standard InChI is InChI=1S/C48H32N2.C46H30N2/c1-3-13-33(14-4-1)34-25-27-35(28-26-34)36-29-31-38(32-30-36)50-44-22-10-8-18-42(44)48-40(20-12-24-46(48)50)39-19-11-23-45-47(39)41-17-7-9-21-43(41)49(45)37-15-5-2-6-16-37;1-2-12-37(13-3-1)47-43-16-8-6-14-39(43)41-29-35(22-26-45(41)47)36-23-27-46-42(30-36)40-15-7-9-17-44(40)48(46)38-24-20-32(21-25-38)34-19-18-31-10-4-5-11-33(31)28-34/h1-32H;1-30H. The van der Waals surface area contributed by atoms with E-state index in [0.717, 1.165) is 11.4 Å². The van der Waals surface area contributed by atoms with Gasteiger partial charge >= 0.3 is 0 Å². The second-order valence-corrected chi connectivity index (χ2v) is 25.5. The van der Waals surface area contributed by atoms with Crippen LogP contribution in [0.2, 0.25) is 0 Å². The van der Waals surface area contributed by atoms with Crippen molar-refractivity contribution in [3.05, 3.63) is 376 Å². The summed E-state index contributed by atoms with van der Waals surface area (Å²) < 4.78 is 9.59. The van der Waals surface area contributed by atoms with E-state index in [1.54, 1.807) is 0 Å². The van der Waals surface area contributed by atoms with Gasteiger partial charge in [-0.05, 0) is 182 Å². The third-order valence-electron chi connectivity index (χ3n) is 20.1. The highest BCUT2D eigenvalue weighted by molar-refractivity contribution is 6.22. The van der Waals surface area contributed by atoms with Gasteiger partial charge in [-0.15, -0.1) is 0 Å². The number of para-hydroxylation sites is 6. The summed E-state index contributed by atoms with van der Waals surface area (Å²) >= 11 is 0. The zero-order chi connectivity index (χ0) is 64.6. The molecule has 0 aliphatic rings. The first-order valence-electron chi connectivity index (χ1n) is 33.7. The van der Waals surface area contributed by atoms with Crippen LogP contribution in [0.1, 0.15) is 0 Å². The first kappa shape index (κ1) is 56.5. The maximum Gasteiger partial charge on any atom is 0.0547 e. The van der Waals surface area contributed by atoms with Crippen LogP contribution in [0.4, 0.5) is 0 Å². The predicted octanol–water partition coefficient (Wildman–Crippen LogP) is 25.2. The lowest BCUT2D eigenvalue weighted by atomic mass is 9.95. The van der Waals surface area contributed by atoms with Crippen LogP contribution in [-0.2, 0) is 0 Å². The second kappa shape index (κ2) is 23.5. The molecule has 0 radical (unpaired) electrons. The second-order valence-electron chi connectivity index (χ2n) is 25.5. The molecule has 0 amide bonds. The van der Waals surface area contributed by atoms with Crippen molar-refractivity contribution in [3.63, 3.8) is 0 Å². The van der Waals surface area contributed by atoms with Crippen LogP contribution in [0.15, 0.2) is 376 Å². The minimum Gasteiger partial charge on any atom is -0.309 e. The Bertz CT molecular complexity index is 6430. The molecule has 0 atom stereocenters. The molecule has 4 heteroatoms. The van der Waals surface area contributed by atoms with Crippen molar-refractivity contribution in [2.75, 3.05) is 0 Å². The topological polar surface area (TPSA) is 19.7 Å². The fraction of sp³-hybridized carbons (Fsp3) is 0. The van der Waals surface area contributed by atoms with Crippen molar-refractivity contribution in [2.24, 2.45) is 0 Å². The van der Waals surface area contributed by atoms with Crippen molar-refractivity contribution in [1.82, 2.24) is 18.3 Å². The van der Waals surface area contributed by atoms with Crippen molar-refractivity contribution in [1.29, 1.82) is 0 Å². The first-order valence-corrected chi connectivity index (χ1v) is 33.7. The van der Waals surface area contributed by atoms with Gasteiger partial charge in [-0.1, -0.05) is 261 Å². The van der Waals surface area contributed by atoms with Gasteiger partial charge in [0, 0.05) is 65.8 Å². The summed E-state index contributed by atoms with van der Waals surface area (Å²) in [5, 5.41) is 12.6. The van der Waals surface area contributed by atoms with Crippen LogP contribution in [0, 0.1) is 0 Å². The largest absolute Gasteiger partial charge is 0.309 e. The minimum absolute atomic E-state index is 1.15. The van der Waals surface area contributed by atoms with Gasteiger partial charge in [-0.3, -0.25) is 0 Å². The van der Waals surface area contributed by atoms with Crippen molar-refractivity contribution in [2.45, 2.75) is 0 Å². The molecule has 0 fully saturated rings. The summed E-state index contributed by atoms with van der Waals surface area (Å²) in [6.07, 6.45) is 0. The van der Waals surface area contributed by atoms with Crippen LogP contribution in [-0.4, -0.2) is 18.3 Å². The molecule has 0 aliphatic carbocycles. The van der Waals surface area contributed by atoms with E-state index < -0.39 is 0 Å². The van der Waals surface area contributed by atoms with E-state index in [4.69, 9.17) is 0 Å². The average molecular weight is 1250 g/mol. The van der Waals surface area contributed by atoms with E-state index in [9.17, 15) is 0 Å². The molecule has 0 unspecified atom stereocenters. The molecule has 20 rings (SSSR count). The summed E-state index contributed by atoms with van der Waals surface area (Å²) in [4.78, 5) is 0. The molecule has 4 nitrogen and oxygen atoms in total. The zero-order valence-electron chi connectivity index (χ0n) is 53.6. The highest BCUT2D eigenvalue weighted by atomic mass is 15.0. The molecule has 0 N–H and O–H groups in total. The molecular weight excluding hydrogens is 1190 g/mol. The molecular formula is C94H62N4. The fourth-order valence-corrected chi connectivity index (χ4v) is 15.5. The van der Waals surface area contributed by atoms with Gasteiger partial charge in [-0.2, -0.15) is 0 Å². The maximum atomic E-state index is 2.42. The minimum atomic E-state index is 1.15. The van der Waals surface area contributed by atoms with E-state index in [-0.39, 0.29) is 0 Å². The molecule has 16 aromatic carbocycles. The number of fused-ring (bicyclic) bond motifs is 13. The van der Waals surface area contributed by atoms with Gasteiger partial charge in [0.25, 0.3) is 0 Å². The number of hydrogen-bond acceptors (Lipinski definition) is 0. The van der Waals surface area contributed by atoms with Crippen molar-refractivity contribution < 1.29 is 0 Å². The molecule has 458 valence electrons. The van der Waals surface area contributed by atoms with Gasteiger partial charge in [0.05, 0.1) is 44.1 Å². The summed E-state index contributed by atoms with van der Waals surface area (Å²) in [5.74, 6) is 0. The molecule has 4 aromatic heterocycles. The number of benzene rings is 16. The third kappa shape index (κ3) is 9.45. The summed E-state index contributed by atoms with van der Waals surface area (Å²) in [5.41, 5.74) is 26.6. The van der Waals surface area contributed by atoms with Crippen LogP contribution < -0.4 is 0 Å². The molecule has 0 spiro atoms. The molecule has 0 bridgehead atoms. The summed E-state index contributed by atoms with van der Waals surface area (Å²) in [7, 11) is 0. The Morgan fingerprint density at radius 2 is 0.429 bits per heavy atom. The SMILES string of the molecule is c1ccc(-c2ccc(-c3ccc(-n4c5ccccc5c5c(-c6cccc7c6c6ccccc6n7-c6ccccc6)cccc54)cc3)cc2)cc1.c1ccc(-n2c3ccccc3c3cc(-c4ccc5c(c4)c4ccccc4n5-c4ccc(-c5ccc6ccccc6c5)cc4)ccc32)cc1. The number of aromatic nitrogens is 4. The normalized spacial score (nSPS) is 11.7. The first-order chi connectivity index (χ1) is 48.6. The Kier molecular flexibility index (Phi) is 13.5. The van der Waals surface area contributed by atoms with Gasteiger partial charge in [0.2, 0.25) is 0 Å². The molecule has 20 aromatic rings. The van der Waals surface area contributed by atoms with Gasteiger partial charge in [0.15, 0.2) is 0 Å². The van der Waals surface area contributed by atoms with Gasteiger partial charge in [-0.25, -0.2) is 0 Å². The molecule has 0 aliphatic heterocycles. The lowest BCUT2D eigenvalue weighted by Crippen LogP contribution is -1.94. The summed E-state index contributed by atoms with van der Waals surface area (Å²) in [6, 6.07) is 137. The van der Waals surface area contributed by atoms with Crippen LogP contribution >= 0.6 is 0 Å². The fourth-order valence-electron chi connectivity index (χ4n) is 15.5. The monoisotopic (exact) mass is 1250 g/mol. The van der Waals surface area contributed by atoms with Gasteiger partial charge in [0.1, 0.15) is 0 Å². The van der Waals surface area contributed by atoms with E-state index >= 15 is 0 Å². The lowest BCUT2D eigenvalue weighted by molar-refractivity contribution is 1.18. The Hall–Kier alpha value is -13.0. The smallest absolute Gasteiger partial charge is 0.0547 e. The maximum absolute atomic E-state index is 2.42. The molecule has 4 heterocycles. The quantitative estimate of drug-likeness (QED) is 0.137. The lowest BCUT2D eigenvalue weighted by Gasteiger charge is -2.11. The molecule has 98 heavy (non-hydrogen) atoms. The van der Waals surface area contributed by atoms with Crippen molar-refractivity contribution >= 4 is 98.0 Å². The Morgan fingerprint density at radius 1 is 0.143 bits per heavy atom. The van der Waals surface area contributed by atoms with E-state index in [2.05, 4.69) is 394 Å². The van der Waals surface area contributed by atoms with Crippen LogP contribution in [0.25, 0.3) is 176 Å². The summed E-state index contributed by atoms with van der Waals surface area (Å²) in [6.45, 7) is 0. The average Bonchev–Trinajstić information content (AvgIpc) is 1.55. The predicted molar refractivity (Wildman–Crippen MR) is 415 cm³/mol. The van der Waals surface area contributed by atoms with E-state index in [1.165, 1.54) is 165 Å². The van der Waals surface area contributed by atoms with E-state index in [0.29, 0.717) is 0 Å². The molecule has 0 saturated heterocycles. The van der Waals surface area contributed by atoms with Crippen LogP contribution in [0.3, 0.4) is 0 Å². The Labute approximate surface area is 567 Å². The van der Waals surface area contributed by atoms with Crippen LogP contribution in [0.5, 0.6) is 0 Å². The van der Waals surface area contributed by atoms with Gasteiger partial charge < -0.3 is 18.3 Å². The highest BCUT2D eigenvalue weighted by Crippen LogP contribution is 2.45. The highest BCUT2D eigenvalue weighted by Gasteiger charge is 2.22. The zero-order valence-corrected chi connectivity index (χ0v) is 53.6. The number of hydrogen-bond donors (Lipinski definition) is 0. The Morgan fingerprint density at radius 3 is 0.888 bits per heavy atom. The number of rotatable bonds is 9. The third-order valence-corrected chi connectivity index (χ3v) is 20.1. The van der Waals surface area contributed by atoms with E-state index in [1.807, 2.05) is 0 Å². The van der Waals surface area contributed by atoms with Crippen molar-refractivity contribution in [3.8, 4) is 78.4 Å². The number of nitrogens with zero attached hydrogens (tertiary/aromatic N) is 4. The Balaban J connectivity index is 0.000000137.